The fraction of sp³-hybridized carbons (Fsp3) is 0.500. The Hall–Kier alpha value is -1.58. The van der Waals surface area contributed by atoms with Crippen LogP contribution >= 0.6 is 0 Å². The summed E-state index contributed by atoms with van der Waals surface area (Å²) in [6, 6.07) is 7.00. The van der Waals surface area contributed by atoms with Gasteiger partial charge in [-0.1, -0.05) is 19.1 Å². The number of anilines is 1. The zero-order chi connectivity index (χ0) is 11.5. The molecule has 4 nitrogen and oxygen atoms in total. The van der Waals surface area contributed by atoms with Gasteiger partial charge >= 0.3 is 0 Å². The summed E-state index contributed by atoms with van der Waals surface area (Å²) in [7, 11) is 0. The minimum absolute atomic E-state index is 0.219. The molecular formula is C12H16N2O2. The van der Waals surface area contributed by atoms with Gasteiger partial charge in [-0.25, -0.2) is 0 Å². The molecule has 0 bridgehead atoms. The summed E-state index contributed by atoms with van der Waals surface area (Å²) in [5, 5.41) is 10.9. The first-order valence-electron chi connectivity index (χ1n) is 5.67. The van der Waals surface area contributed by atoms with Crippen molar-refractivity contribution in [2.75, 3.05) is 18.0 Å². The first-order chi connectivity index (χ1) is 7.68. The third-order valence-electron chi connectivity index (χ3n) is 3.20. The molecule has 86 valence electrons. The fourth-order valence-electron chi connectivity index (χ4n) is 2.14. The molecule has 2 rings (SSSR count). The van der Waals surface area contributed by atoms with E-state index in [-0.39, 0.29) is 10.6 Å². The Morgan fingerprint density at radius 1 is 1.31 bits per heavy atom. The van der Waals surface area contributed by atoms with Gasteiger partial charge in [0.1, 0.15) is 5.69 Å². The highest BCUT2D eigenvalue weighted by molar-refractivity contribution is 5.63. The van der Waals surface area contributed by atoms with Crippen LogP contribution in [0.25, 0.3) is 0 Å². The Bertz CT molecular complexity index is 384. The van der Waals surface area contributed by atoms with Gasteiger partial charge < -0.3 is 4.90 Å². The van der Waals surface area contributed by atoms with Crippen LogP contribution in [0.15, 0.2) is 24.3 Å². The van der Waals surface area contributed by atoms with E-state index < -0.39 is 0 Å². The smallest absolute Gasteiger partial charge is 0.292 e. The average Bonchev–Trinajstić information content (AvgIpc) is 2.30. The van der Waals surface area contributed by atoms with Gasteiger partial charge in [-0.3, -0.25) is 10.1 Å². The van der Waals surface area contributed by atoms with E-state index in [1.165, 1.54) is 0 Å². The van der Waals surface area contributed by atoms with Crippen LogP contribution in [0.1, 0.15) is 19.8 Å². The van der Waals surface area contributed by atoms with Crippen LogP contribution in [0, 0.1) is 16.0 Å². The Morgan fingerprint density at radius 3 is 2.56 bits per heavy atom. The second-order valence-electron chi connectivity index (χ2n) is 4.42. The lowest BCUT2D eigenvalue weighted by molar-refractivity contribution is -0.384. The van der Waals surface area contributed by atoms with Crippen LogP contribution in [-0.4, -0.2) is 18.0 Å². The lowest BCUT2D eigenvalue weighted by atomic mass is 9.98. The van der Waals surface area contributed by atoms with Crippen LogP contribution in [0.2, 0.25) is 0 Å². The monoisotopic (exact) mass is 220 g/mol. The van der Waals surface area contributed by atoms with E-state index in [9.17, 15) is 10.1 Å². The summed E-state index contributed by atoms with van der Waals surface area (Å²) in [5.41, 5.74) is 0.983. The number of para-hydroxylation sites is 2. The van der Waals surface area contributed by atoms with E-state index in [1.807, 2.05) is 12.1 Å². The van der Waals surface area contributed by atoms with Gasteiger partial charge in [0.05, 0.1) is 4.92 Å². The summed E-state index contributed by atoms with van der Waals surface area (Å²) in [6.07, 6.45) is 2.23. The molecule has 0 amide bonds. The molecule has 0 aromatic heterocycles. The second kappa shape index (κ2) is 4.51. The number of hydrogen-bond acceptors (Lipinski definition) is 3. The minimum atomic E-state index is -0.298. The Morgan fingerprint density at radius 2 is 1.94 bits per heavy atom. The molecule has 16 heavy (non-hydrogen) atoms. The normalized spacial score (nSPS) is 17.4. The number of benzene rings is 1. The predicted octanol–water partition coefficient (Wildman–Crippen LogP) is 2.83. The van der Waals surface area contributed by atoms with Crippen LogP contribution < -0.4 is 4.90 Å². The third kappa shape index (κ3) is 2.15. The molecule has 1 heterocycles. The van der Waals surface area contributed by atoms with Gasteiger partial charge in [-0.15, -0.1) is 0 Å². The Labute approximate surface area is 95.0 Å². The Kier molecular flexibility index (Phi) is 3.08. The molecule has 0 unspecified atom stereocenters. The van der Waals surface area contributed by atoms with E-state index in [0.29, 0.717) is 0 Å². The van der Waals surface area contributed by atoms with Crippen LogP contribution in [-0.2, 0) is 0 Å². The van der Waals surface area contributed by atoms with Gasteiger partial charge in [0.2, 0.25) is 0 Å². The van der Waals surface area contributed by atoms with E-state index in [4.69, 9.17) is 0 Å². The number of rotatable bonds is 2. The predicted molar refractivity (Wildman–Crippen MR) is 63.7 cm³/mol. The molecule has 1 saturated heterocycles. The summed E-state index contributed by atoms with van der Waals surface area (Å²) < 4.78 is 0. The van der Waals surface area contributed by atoms with Crippen LogP contribution in [0.5, 0.6) is 0 Å². The number of nitro groups is 1. The topological polar surface area (TPSA) is 46.4 Å². The molecule has 1 aromatic rings. The highest BCUT2D eigenvalue weighted by Crippen LogP contribution is 2.30. The fourth-order valence-corrected chi connectivity index (χ4v) is 2.14. The molecule has 4 heteroatoms. The van der Waals surface area contributed by atoms with Crippen molar-refractivity contribution in [2.24, 2.45) is 5.92 Å². The number of nitro benzene ring substituents is 1. The maximum Gasteiger partial charge on any atom is 0.292 e. The molecule has 1 aromatic carbocycles. The number of piperidine rings is 1. The number of hydrogen-bond donors (Lipinski definition) is 0. The highest BCUT2D eigenvalue weighted by atomic mass is 16.6. The average molecular weight is 220 g/mol. The summed E-state index contributed by atoms with van der Waals surface area (Å²) in [4.78, 5) is 12.7. The molecule has 1 aliphatic heterocycles. The minimum Gasteiger partial charge on any atom is -0.366 e. The molecule has 0 saturated carbocycles. The number of nitrogens with zero attached hydrogens (tertiary/aromatic N) is 2. The van der Waals surface area contributed by atoms with Crippen LogP contribution in [0.3, 0.4) is 0 Å². The SMILES string of the molecule is CC1CCN(c2ccccc2[N+](=O)[O-])CC1. The van der Waals surface area contributed by atoms with Gasteiger partial charge in [0, 0.05) is 19.2 Å². The van der Waals surface area contributed by atoms with E-state index in [2.05, 4.69) is 11.8 Å². The van der Waals surface area contributed by atoms with Gasteiger partial charge in [0.25, 0.3) is 5.69 Å². The van der Waals surface area contributed by atoms with E-state index >= 15 is 0 Å². The standard InChI is InChI=1S/C12H16N2O2/c1-10-6-8-13(9-7-10)11-4-2-3-5-12(11)14(15)16/h2-5,10H,6-9H2,1H3. The highest BCUT2D eigenvalue weighted by Gasteiger charge is 2.22. The first-order valence-corrected chi connectivity index (χ1v) is 5.67. The van der Waals surface area contributed by atoms with Crippen molar-refractivity contribution >= 4 is 11.4 Å². The lowest BCUT2D eigenvalue weighted by Gasteiger charge is -2.31. The molecular weight excluding hydrogens is 204 g/mol. The third-order valence-corrected chi connectivity index (χ3v) is 3.20. The van der Waals surface area contributed by atoms with Crippen molar-refractivity contribution in [3.8, 4) is 0 Å². The maximum absolute atomic E-state index is 10.9. The van der Waals surface area contributed by atoms with Crippen LogP contribution in [0.4, 0.5) is 11.4 Å². The summed E-state index contributed by atoms with van der Waals surface area (Å²) in [5.74, 6) is 0.735. The van der Waals surface area contributed by atoms with Crippen molar-refractivity contribution in [3.05, 3.63) is 34.4 Å². The van der Waals surface area contributed by atoms with Crippen molar-refractivity contribution in [3.63, 3.8) is 0 Å². The van der Waals surface area contributed by atoms with Gasteiger partial charge in [0.15, 0.2) is 0 Å². The maximum atomic E-state index is 10.9. The molecule has 0 atom stereocenters. The van der Waals surface area contributed by atoms with Crippen molar-refractivity contribution < 1.29 is 4.92 Å². The molecule has 0 N–H and O–H groups in total. The molecule has 1 aliphatic rings. The van der Waals surface area contributed by atoms with E-state index in [1.54, 1.807) is 12.1 Å². The van der Waals surface area contributed by atoms with Gasteiger partial charge in [-0.05, 0) is 24.8 Å². The Balaban J connectivity index is 2.23. The van der Waals surface area contributed by atoms with Crippen molar-refractivity contribution in [1.29, 1.82) is 0 Å². The van der Waals surface area contributed by atoms with Gasteiger partial charge in [-0.2, -0.15) is 0 Å². The first kappa shape index (κ1) is 10.9. The zero-order valence-corrected chi connectivity index (χ0v) is 9.43. The molecule has 0 aliphatic carbocycles. The van der Waals surface area contributed by atoms with Crippen molar-refractivity contribution in [1.82, 2.24) is 0 Å². The van der Waals surface area contributed by atoms with Crippen molar-refractivity contribution in [2.45, 2.75) is 19.8 Å². The lowest BCUT2D eigenvalue weighted by Crippen LogP contribution is -2.33. The van der Waals surface area contributed by atoms with E-state index in [0.717, 1.165) is 37.5 Å². The molecule has 0 radical (unpaired) electrons. The second-order valence-corrected chi connectivity index (χ2v) is 4.42. The summed E-state index contributed by atoms with van der Waals surface area (Å²) >= 11 is 0. The largest absolute Gasteiger partial charge is 0.366 e. The summed E-state index contributed by atoms with van der Waals surface area (Å²) in [6.45, 7) is 4.08. The quantitative estimate of drug-likeness (QED) is 0.568. The molecule has 1 fully saturated rings. The molecule has 0 spiro atoms. The zero-order valence-electron chi connectivity index (χ0n) is 9.43.